The molecule has 4 atom stereocenters. The Balaban J connectivity index is 1.72. The Morgan fingerprint density at radius 3 is 2.46 bits per heavy atom. The molecular formula is C27H38N6O6. The molecule has 3 rings (SSSR count). The predicted octanol–water partition coefficient (Wildman–Crippen LogP) is 0.395. The molecule has 12 heteroatoms. The number of rotatable bonds is 13. The number of H-pyrrole nitrogens is 1. The lowest BCUT2D eigenvalue weighted by atomic mass is 10.0. The van der Waals surface area contributed by atoms with Crippen LogP contribution < -0.4 is 22.1 Å². The highest BCUT2D eigenvalue weighted by molar-refractivity contribution is 5.95. The number of hydrogen-bond donors (Lipinski definition) is 6. The van der Waals surface area contributed by atoms with Gasteiger partial charge in [-0.2, -0.15) is 0 Å². The van der Waals surface area contributed by atoms with Crippen molar-refractivity contribution in [1.82, 2.24) is 20.5 Å². The fourth-order valence-electron chi connectivity index (χ4n) is 4.92. The van der Waals surface area contributed by atoms with Gasteiger partial charge in [-0.1, -0.05) is 32.0 Å². The van der Waals surface area contributed by atoms with Crippen LogP contribution in [-0.4, -0.2) is 75.3 Å². The number of carboxylic acid groups (broad SMARTS) is 1. The Labute approximate surface area is 226 Å². The van der Waals surface area contributed by atoms with Gasteiger partial charge in [-0.25, -0.2) is 4.79 Å². The van der Waals surface area contributed by atoms with Crippen molar-refractivity contribution in [2.75, 3.05) is 6.54 Å². The van der Waals surface area contributed by atoms with Crippen LogP contribution in [0.1, 0.15) is 51.5 Å². The van der Waals surface area contributed by atoms with Crippen LogP contribution in [0, 0.1) is 5.92 Å². The lowest BCUT2D eigenvalue weighted by Crippen LogP contribution is -2.57. The highest BCUT2D eigenvalue weighted by Crippen LogP contribution is 2.21. The Bertz CT molecular complexity index is 1210. The first kappa shape index (κ1) is 29.6. The lowest BCUT2D eigenvalue weighted by molar-refractivity contribution is -0.149. The van der Waals surface area contributed by atoms with Gasteiger partial charge in [0.1, 0.15) is 18.1 Å². The van der Waals surface area contributed by atoms with Gasteiger partial charge in [-0.15, -0.1) is 0 Å². The van der Waals surface area contributed by atoms with Gasteiger partial charge in [-0.3, -0.25) is 19.2 Å². The highest BCUT2D eigenvalue weighted by atomic mass is 16.4. The average molecular weight is 543 g/mol. The third kappa shape index (κ3) is 7.79. The van der Waals surface area contributed by atoms with E-state index in [-0.39, 0.29) is 38.1 Å². The van der Waals surface area contributed by atoms with E-state index in [1.165, 1.54) is 4.90 Å². The van der Waals surface area contributed by atoms with E-state index >= 15 is 0 Å². The van der Waals surface area contributed by atoms with Crippen molar-refractivity contribution in [3.8, 4) is 0 Å². The third-order valence-corrected chi connectivity index (χ3v) is 6.91. The first-order valence-corrected chi connectivity index (χ1v) is 13.2. The van der Waals surface area contributed by atoms with Crippen LogP contribution in [-0.2, 0) is 30.4 Å². The van der Waals surface area contributed by atoms with E-state index in [1.807, 2.05) is 38.1 Å². The van der Waals surface area contributed by atoms with Gasteiger partial charge in [0.25, 0.3) is 0 Å². The summed E-state index contributed by atoms with van der Waals surface area (Å²) < 4.78 is 0. The molecule has 8 N–H and O–H groups in total. The number of benzene rings is 1. The van der Waals surface area contributed by atoms with Crippen molar-refractivity contribution in [3.05, 3.63) is 36.0 Å². The molecule has 12 nitrogen and oxygen atoms in total. The molecular weight excluding hydrogens is 504 g/mol. The first-order valence-electron chi connectivity index (χ1n) is 13.2. The summed E-state index contributed by atoms with van der Waals surface area (Å²) in [5.41, 5.74) is 13.2. The third-order valence-electron chi connectivity index (χ3n) is 6.91. The zero-order valence-corrected chi connectivity index (χ0v) is 22.3. The Morgan fingerprint density at radius 2 is 1.79 bits per heavy atom. The predicted molar refractivity (Wildman–Crippen MR) is 144 cm³/mol. The van der Waals surface area contributed by atoms with E-state index in [0.717, 1.165) is 16.5 Å². The average Bonchev–Trinajstić information content (AvgIpc) is 3.53. The standard InChI is InChI=1S/C27H38N6O6/c1-15(2)12-21(26(37)33-11-5-8-22(33)27(38)39)32-25(36)20(9-10-23(29)34)31-24(35)18(28)13-16-14-30-19-7-4-3-6-17(16)19/h3-4,6-7,14-15,18,20-22,30H,5,8-13,28H2,1-2H3,(H2,29,34)(H,31,35)(H,32,36)(H,38,39). The Kier molecular flexibility index (Phi) is 10.0. The first-order chi connectivity index (χ1) is 18.5. The molecule has 39 heavy (non-hydrogen) atoms. The van der Waals surface area contributed by atoms with E-state index in [2.05, 4.69) is 15.6 Å². The molecule has 2 aromatic rings. The number of aromatic nitrogens is 1. The molecule has 1 fully saturated rings. The molecule has 0 bridgehead atoms. The summed E-state index contributed by atoms with van der Waals surface area (Å²) in [5.74, 6) is -3.49. The number of likely N-dealkylation sites (tertiary alicyclic amines) is 1. The number of amides is 4. The van der Waals surface area contributed by atoms with Crippen molar-refractivity contribution in [1.29, 1.82) is 0 Å². The number of fused-ring (bicyclic) bond motifs is 1. The van der Waals surface area contributed by atoms with E-state index < -0.39 is 53.8 Å². The number of carbonyl (C=O) groups excluding carboxylic acids is 4. The van der Waals surface area contributed by atoms with Crippen LogP contribution >= 0.6 is 0 Å². The van der Waals surface area contributed by atoms with Gasteiger partial charge in [0.15, 0.2) is 0 Å². The second-order valence-corrected chi connectivity index (χ2v) is 10.5. The summed E-state index contributed by atoms with van der Waals surface area (Å²) in [4.78, 5) is 67.1. The second kappa shape index (κ2) is 13.2. The zero-order valence-electron chi connectivity index (χ0n) is 22.3. The SMILES string of the molecule is CC(C)CC(NC(=O)C(CCC(N)=O)NC(=O)C(N)Cc1c[nH]c2ccccc12)C(=O)N1CCCC1C(=O)O. The van der Waals surface area contributed by atoms with Crippen LogP contribution in [0.4, 0.5) is 0 Å². The zero-order chi connectivity index (χ0) is 28.7. The summed E-state index contributed by atoms with van der Waals surface area (Å²) >= 11 is 0. The molecule has 4 amide bonds. The number of para-hydroxylation sites is 1. The molecule has 212 valence electrons. The molecule has 1 aromatic carbocycles. The number of aromatic amines is 1. The number of carboxylic acids is 1. The fraction of sp³-hybridized carbons (Fsp3) is 0.519. The number of nitrogens with one attached hydrogen (secondary N) is 3. The van der Waals surface area contributed by atoms with Crippen LogP contribution in [0.2, 0.25) is 0 Å². The van der Waals surface area contributed by atoms with E-state index in [4.69, 9.17) is 11.5 Å². The van der Waals surface area contributed by atoms with Crippen LogP contribution in [0.25, 0.3) is 10.9 Å². The van der Waals surface area contributed by atoms with Crippen molar-refractivity contribution >= 4 is 40.5 Å². The van der Waals surface area contributed by atoms with Crippen LogP contribution in [0.3, 0.4) is 0 Å². The van der Waals surface area contributed by atoms with Gasteiger partial charge in [0.05, 0.1) is 6.04 Å². The molecule has 0 aliphatic carbocycles. The molecule has 1 saturated heterocycles. The normalized spacial score (nSPS) is 17.5. The monoisotopic (exact) mass is 542 g/mol. The minimum Gasteiger partial charge on any atom is -0.480 e. The second-order valence-electron chi connectivity index (χ2n) is 10.5. The maximum Gasteiger partial charge on any atom is 0.326 e. The van der Waals surface area contributed by atoms with Gasteiger partial charge in [0, 0.05) is 30.1 Å². The maximum absolute atomic E-state index is 13.3. The van der Waals surface area contributed by atoms with Crippen LogP contribution in [0.5, 0.6) is 0 Å². The quantitative estimate of drug-likeness (QED) is 0.210. The summed E-state index contributed by atoms with van der Waals surface area (Å²) in [6.07, 6.45) is 2.89. The topological polar surface area (TPSA) is 201 Å². The van der Waals surface area contributed by atoms with E-state index in [1.54, 1.807) is 6.20 Å². The molecule has 1 aliphatic rings. The maximum atomic E-state index is 13.3. The number of primary amides is 1. The number of hydrogen-bond acceptors (Lipinski definition) is 6. The Hall–Kier alpha value is -3.93. The van der Waals surface area contributed by atoms with Gasteiger partial charge >= 0.3 is 5.97 Å². The molecule has 0 saturated carbocycles. The van der Waals surface area contributed by atoms with Crippen molar-refractivity contribution in [3.63, 3.8) is 0 Å². The summed E-state index contributed by atoms with van der Waals surface area (Å²) in [6.45, 7) is 4.03. The smallest absolute Gasteiger partial charge is 0.326 e. The van der Waals surface area contributed by atoms with Crippen molar-refractivity contribution < 1.29 is 29.1 Å². The number of carbonyl (C=O) groups is 5. The summed E-state index contributed by atoms with van der Waals surface area (Å²) in [5, 5.41) is 15.7. The summed E-state index contributed by atoms with van der Waals surface area (Å²) in [6, 6.07) is 3.49. The van der Waals surface area contributed by atoms with Crippen molar-refractivity contribution in [2.24, 2.45) is 17.4 Å². The largest absolute Gasteiger partial charge is 0.480 e. The number of nitrogens with two attached hydrogens (primary N) is 2. The van der Waals surface area contributed by atoms with E-state index in [0.29, 0.717) is 12.8 Å². The molecule has 0 spiro atoms. The minimum absolute atomic E-state index is 0.00777. The molecule has 0 radical (unpaired) electrons. The molecule has 1 aliphatic heterocycles. The molecule has 2 heterocycles. The number of nitrogens with zero attached hydrogens (tertiary/aromatic N) is 1. The summed E-state index contributed by atoms with van der Waals surface area (Å²) in [7, 11) is 0. The highest BCUT2D eigenvalue weighted by Gasteiger charge is 2.38. The van der Waals surface area contributed by atoms with Crippen molar-refractivity contribution in [2.45, 2.75) is 76.5 Å². The van der Waals surface area contributed by atoms with Gasteiger partial charge < -0.3 is 37.1 Å². The van der Waals surface area contributed by atoms with Crippen LogP contribution in [0.15, 0.2) is 30.5 Å². The fourth-order valence-corrected chi connectivity index (χ4v) is 4.92. The van der Waals surface area contributed by atoms with Gasteiger partial charge in [0.2, 0.25) is 23.6 Å². The molecule has 1 aromatic heterocycles. The molecule has 4 unspecified atom stereocenters. The number of aliphatic carboxylic acids is 1. The minimum atomic E-state index is -1.17. The van der Waals surface area contributed by atoms with Gasteiger partial charge in [-0.05, 0) is 49.7 Å². The lowest BCUT2D eigenvalue weighted by Gasteiger charge is -2.29. The Morgan fingerprint density at radius 1 is 1.10 bits per heavy atom. The van der Waals surface area contributed by atoms with E-state index in [9.17, 15) is 29.1 Å².